The van der Waals surface area contributed by atoms with Crippen LogP contribution in [-0.4, -0.2) is 42.2 Å². The molecule has 1 fully saturated rings. The van der Waals surface area contributed by atoms with Gasteiger partial charge in [0.05, 0.1) is 29.9 Å². The third kappa shape index (κ3) is 5.22. The summed E-state index contributed by atoms with van der Waals surface area (Å²) in [5, 5.41) is 2.04. The van der Waals surface area contributed by atoms with Crippen molar-refractivity contribution in [2.75, 3.05) is 31.2 Å². The normalized spacial score (nSPS) is 14.7. The summed E-state index contributed by atoms with van der Waals surface area (Å²) in [4.78, 5) is 24.4. The first-order valence-corrected chi connectivity index (χ1v) is 11.7. The molecule has 3 heterocycles. The zero-order chi connectivity index (χ0) is 21.8. The van der Waals surface area contributed by atoms with Crippen LogP contribution in [0.2, 0.25) is 0 Å². The Morgan fingerprint density at radius 2 is 2.03 bits per heavy atom. The van der Waals surface area contributed by atoms with Crippen molar-refractivity contribution in [2.45, 2.75) is 40.0 Å². The second kappa shape index (κ2) is 9.32. The van der Waals surface area contributed by atoms with Gasteiger partial charge in [0.15, 0.2) is 11.6 Å². The van der Waals surface area contributed by atoms with E-state index in [1.807, 2.05) is 29.6 Å². The third-order valence-corrected chi connectivity index (χ3v) is 6.37. The molecule has 1 aliphatic heterocycles. The number of anilines is 1. The Morgan fingerprint density at radius 1 is 1.23 bits per heavy atom. The fraction of sp³-hybridized carbons (Fsp3) is 0.458. The lowest BCUT2D eigenvalue weighted by molar-refractivity contribution is -0.136. The smallest absolute Gasteiger partial charge is 0.311 e. The van der Waals surface area contributed by atoms with Crippen LogP contribution in [0.1, 0.15) is 40.0 Å². The molecule has 4 rings (SSSR count). The predicted molar refractivity (Wildman–Crippen MR) is 125 cm³/mol. The van der Waals surface area contributed by atoms with Crippen LogP contribution in [0.25, 0.3) is 21.6 Å². The molecule has 0 N–H and O–H groups in total. The van der Waals surface area contributed by atoms with Gasteiger partial charge in [-0.3, -0.25) is 4.79 Å². The molecule has 0 unspecified atom stereocenters. The van der Waals surface area contributed by atoms with Gasteiger partial charge < -0.3 is 14.4 Å². The summed E-state index contributed by atoms with van der Waals surface area (Å²) in [6, 6.07) is 9.51. The van der Waals surface area contributed by atoms with E-state index in [0.717, 1.165) is 47.5 Å². The van der Waals surface area contributed by atoms with Gasteiger partial charge in [0, 0.05) is 18.7 Å². The topological polar surface area (TPSA) is 64.5 Å². The molecule has 0 saturated carbocycles. The number of morpholine rings is 1. The summed E-state index contributed by atoms with van der Waals surface area (Å²) in [5.41, 5.74) is 1.70. The first-order chi connectivity index (χ1) is 14.9. The molecule has 2 aromatic heterocycles. The van der Waals surface area contributed by atoms with Crippen molar-refractivity contribution >= 4 is 33.3 Å². The molecule has 1 saturated heterocycles. The molecule has 1 aromatic carbocycles. The van der Waals surface area contributed by atoms with Gasteiger partial charge >= 0.3 is 5.97 Å². The number of benzene rings is 1. The van der Waals surface area contributed by atoms with Crippen LogP contribution in [0, 0.1) is 5.41 Å². The number of aromatic nitrogens is 2. The van der Waals surface area contributed by atoms with Crippen molar-refractivity contribution < 1.29 is 14.3 Å². The zero-order valence-corrected chi connectivity index (χ0v) is 19.2. The van der Waals surface area contributed by atoms with E-state index in [1.165, 1.54) is 0 Å². The number of hydrogen-bond acceptors (Lipinski definition) is 7. The van der Waals surface area contributed by atoms with Crippen LogP contribution in [0.5, 0.6) is 5.75 Å². The predicted octanol–water partition coefficient (Wildman–Crippen LogP) is 5.32. The molecule has 0 atom stereocenters. The molecule has 31 heavy (non-hydrogen) atoms. The van der Waals surface area contributed by atoms with Gasteiger partial charge in [0.2, 0.25) is 0 Å². The molecular formula is C24H29N3O3S. The maximum atomic E-state index is 12.5. The molecule has 0 spiro atoms. The van der Waals surface area contributed by atoms with Crippen LogP contribution < -0.4 is 9.64 Å². The summed E-state index contributed by atoms with van der Waals surface area (Å²) >= 11 is 1.66. The standard InChI is InChI=1S/C24H29N3O3S/c1-4-9-24(2,3)16-20(28)30-18-7-5-6-17(15-18)22-25-19-8-14-31-21(19)23(26-22)27-10-12-29-13-11-27/h5-8,14-15H,4,9-13,16H2,1-3H3. The van der Waals surface area contributed by atoms with Crippen LogP contribution >= 0.6 is 11.3 Å². The first-order valence-electron chi connectivity index (χ1n) is 10.8. The van der Waals surface area contributed by atoms with E-state index in [9.17, 15) is 4.79 Å². The first kappa shape index (κ1) is 21.7. The van der Waals surface area contributed by atoms with Gasteiger partial charge in [-0.25, -0.2) is 9.97 Å². The lowest BCUT2D eigenvalue weighted by Gasteiger charge is -2.28. The molecule has 0 radical (unpaired) electrons. The van der Waals surface area contributed by atoms with Gasteiger partial charge in [0.25, 0.3) is 0 Å². The average molecular weight is 440 g/mol. The van der Waals surface area contributed by atoms with Crippen LogP contribution in [0.3, 0.4) is 0 Å². The highest BCUT2D eigenvalue weighted by Gasteiger charge is 2.23. The number of hydrogen-bond donors (Lipinski definition) is 0. The molecule has 0 amide bonds. The summed E-state index contributed by atoms with van der Waals surface area (Å²) in [5.74, 6) is 1.90. The number of thiophene rings is 1. The van der Waals surface area contributed by atoms with Crippen molar-refractivity contribution in [3.63, 3.8) is 0 Å². The second-order valence-electron chi connectivity index (χ2n) is 8.70. The Bertz CT molecular complexity index is 1060. The van der Waals surface area contributed by atoms with E-state index in [2.05, 4.69) is 25.7 Å². The maximum absolute atomic E-state index is 12.5. The molecule has 1 aliphatic rings. The number of carbonyl (C=O) groups is 1. The van der Waals surface area contributed by atoms with Crippen molar-refractivity contribution in [2.24, 2.45) is 5.41 Å². The Balaban J connectivity index is 1.59. The number of nitrogens with zero attached hydrogens (tertiary/aromatic N) is 3. The number of fused-ring (bicyclic) bond motifs is 1. The number of ether oxygens (including phenoxy) is 2. The van der Waals surface area contributed by atoms with Crippen LogP contribution in [0.4, 0.5) is 5.82 Å². The SMILES string of the molecule is CCCC(C)(C)CC(=O)Oc1cccc(-c2nc(N3CCOCC3)c3sccc3n2)c1. The minimum Gasteiger partial charge on any atom is -0.426 e. The number of esters is 1. The Kier molecular flexibility index (Phi) is 6.53. The van der Waals surface area contributed by atoms with Crippen LogP contribution in [-0.2, 0) is 9.53 Å². The Hall–Kier alpha value is -2.51. The van der Waals surface area contributed by atoms with Crippen molar-refractivity contribution in [3.8, 4) is 17.1 Å². The molecule has 6 nitrogen and oxygen atoms in total. The molecule has 0 bridgehead atoms. The third-order valence-electron chi connectivity index (χ3n) is 5.47. The zero-order valence-electron chi connectivity index (χ0n) is 18.4. The van der Waals surface area contributed by atoms with Gasteiger partial charge in [0.1, 0.15) is 5.75 Å². The number of carbonyl (C=O) groups excluding carboxylic acids is 1. The van der Waals surface area contributed by atoms with Crippen molar-refractivity contribution in [1.29, 1.82) is 0 Å². The summed E-state index contributed by atoms with van der Waals surface area (Å²) in [7, 11) is 0. The molecule has 7 heteroatoms. The van der Waals surface area contributed by atoms with Gasteiger partial charge in [-0.1, -0.05) is 39.3 Å². The van der Waals surface area contributed by atoms with Gasteiger partial charge in [-0.15, -0.1) is 11.3 Å². The Labute approximate surface area is 187 Å². The summed E-state index contributed by atoms with van der Waals surface area (Å²) < 4.78 is 12.2. The van der Waals surface area contributed by atoms with E-state index < -0.39 is 0 Å². The molecule has 164 valence electrons. The van der Waals surface area contributed by atoms with Crippen molar-refractivity contribution in [3.05, 3.63) is 35.7 Å². The van der Waals surface area contributed by atoms with Crippen LogP contribution in [0.15, 0.2) is 35.7 Å². The van der Waals surface area contributed by atoms with E-state index in [1.54, 1.807) is 17.4 Å². The largest absolute Gasteiger partial charge is 0.426 e. The van der Waals surface area contributed by atoms with Gasteiger partial charge in [-0.2, -0.15) is 0 Å². The minimum absolute atomic E-state index is 0.0659. The number of rotatable bonds is 7. The fourth-order valence-corrected chi connectivity index (χ4v) is 4.84. The summed E-state index contributed by atoms with van der Waals surface area (Å²) in [6.45, 7) is 9.36. The Morgan fingerprint density at radius 3 is 2.81 bits per heavy atom. The minimum atomic E-state index is -0.209. The van der Waals surface area contributed by atoms with Crippen molar-refractivity contribution in [1.82, 2.24) is 9.97 Å². The van der Waals surface area contributed by atoms with E-state index in [4.69, 9.17) is 19.4 Å². The molecule has 3 aromatic rings. The monoisotopic (exact) mass is 439 g/mol. The average Bonchev–Trinajstić information content (AvgIpc) is 3.22. The van der Waals surface area contributed by atoms with E-state index in [0.29, 0.717) is 31.2 Å². The fourth-order valence-electron chi connectivity index (χ4n) is 3.99. The highest BCUT2D eigenvalue weighted by atomic mass is 32.1. The summed E-state index contributed by atoms with van der Waals surface area (Å²) in [6.07, 6.45) is 2.42. The highest BCUT2D eigenvalue weighted by molar-refractivity contribution is 7.17. The van der Waals surface area contributed by atoms with E-state index >= 15 is 0 Å². The quantitative estimate of drug-likeness (QED) is 0.367. The van der Waals surface area contributed by atoms with Gasteiger partial charge in [-0.05, 0) is 35.4 Å². The lowest BCUT2D eigenvalue weighted by Crippen LogP contribution is -2.36. The highest BCUT2D eigenvalue weighted by Crippen LogP contribution is 2.33. The molecular weight excluding hydrogens is 410 g/mol. The molecule has 0 aliphatic carbocycles. The maximum Gasteiger partial charge on any atom is 0.311 e. The lowest BCUT2D eigenvalue weighted by atomic mass is 9.85. The second-order valence-corrected chi connectivity index (χ2v) is 9.61. The van der Waals surface area contributed by atoms with E-state index in [-0.39, 0.29) is 11.4 Å².